The first-order valence-corrected chi connectivity index (χ1v) is 5.59. The maximum absolute atomic E-state index is 11.9. The Hall–Kier alpha value is -2.44. The maximum atomic E-state index is 11.9. The lowest BCUT2D eigenvalue weighted by molar-refractivity contribution is 0.0602. The summed E-state index contributed by atoms with van der Waals surface area (Å²) in [5.74, 6) is -0.278. The number of nitrogen functional groups attached to an aromatic ring is 1. The average Bonchev–Trinajstić information content (AvgIpc) is 2.83. The molecule has 0 aromatic heterocycles. The van der Waals surface area contributed by atoms with E-state index in [-0.39, 0.29) is 23.5 Å². The molecule has 0 radical (unpaired) electrons. The second-order valence-corrected chi connectivity index (χ2v) is 3.84. The van der Waals surface area contributed by atoms with Crippen molar-refractivity contribution in [2.24, 2.45) is 0 Å². The molecule has 1 heterocycles. The molecule has 1 saturated heterocycles. The zero-order valence-corrected chi connectivity index (χ0v) is 10.6. The number of hydrogen-bond donors (Lipinski definition) is 1. The van der Waals surface area contributed by atoms with Gasteiger partial charge in [-0.2, -0.15) is 0 Å². The Morgan fingerprint density at radius 3 is 2.68 bits per heavy atom. The van der Waals surface area contributed by atoms with Crippen molar-refractivity contribution >= 4 is 23.4 Å². The van der Waals surface area contributed by atoms with Gasteiger partial charge in [-0.1, -0.05) is 0 Å². The molecule has 1 aliphatic heterocycles. The number of esters is 1. The van der Waals surface area contributed by atoms with Crippen molar-refractivity contribution in [3.63, 3.8) is 0 Å². The van der Waals surface area contributed by atoms with Gasteiger partial charge in [-0.25, -0.2) is 9.59 Å². The molecule has 7 heteroatoms. The number of methoxy groups -OCH3 is 2. The minimum absolute atomic E-state index is 0.0979. The summed E-state index contributed by atoms with van der Waals surface area (Å²) >= 11 is 0. The number of amides is 1. The monoisotopic (exact) mass is 266 g/mol. The van der Waals surface area contributed by atoms with Crippen LogP contribution in [0.5, 0.6) is 5.75 Å². The molecule has 0 aliphatic carbocycles. The Morgan fingerprint density at radius 2 is 2.16 bits per heavy atom. The van der Waals surface area contributed by atoms with E-state index in [1.807, 2.05) is 0 Å². The predicted molar refractivity (Wildman–Crippen MR) is 67.4 cm³/mol. The van der Waals surface area contributed by atoms with Gasteiger partial charge in [0.2, 0.25) is 0 Å². The molecular formula is C12H14N2O5. The van der Waals surface area contributed by atoms with Crippen LogP contribution in [0.1, 0.15) is 10.4 Å². The smallest absolute Gasteiger partial charge is 0.414 e. The van der Waals surface area contributed by atoms with Gasteiger partial charge in [0, 0.05) is 5.69 Å². The number of nitrogens with two attached hydrogens (primary N) is 1. The Bertz CT molecular complexity index is 529. The van der Waals surface area contributed by atoms with E-state index in [1.54, 1.807) is 6.07 Å². The molecule has 0 atom stereocenters. The van der Waals surface area contributed by atoms with Crippen LogP contribution in [0, 0.1) is 0 Å². The van der Waals surface area contributed by atoms with Crippen molar-refractivity contribution in [1.29, 1.82) is 0 Å². The van der Waals surface area contributed by atoms with Crippen LogP contribution in [0.4, 0.5) is 16.2 Å². The highest BCUT2D eigenvalue weighted by Gasteiger charge is 2.32. The minimum Gasteiger partial charge on any atom is -0.495 e. The van der Waals surface area contributed by atoms with E-state index in [4.69, 9.17) is 19.9 Å². The number of anilines is 2. The van der Waals surface area contributed by atoms with Crippen molar-refractivity contribution in [3.05, 3.63) is 17.7 Å². The predicted octanol–water partition coefficient (Wildman–Crippen LogP) is 1.02. The van der Waals surface area contributed by atoms with E-state index in [0.29, 0.717) is 12.3 Å². The Morgan fingerprint density at radius 1 is 1.42 bits per heavy atom. The highest BCUT2D eigenvalue weighted by molar-refractivity contribution is 6.07. The standard InChI is InChI=1S/C12H14N2O5/c1-17-8-4-3-7(13)9(11(15)18-2)10(8)14-5-6-19-12(14)16/h3-4H,5-6,13H2,1-2H3. The lowest BCUT2D eigenvalue weighted by atomic mass is 10.1. The maximum Gasteiger partial charge on any atom is 0.414 e. The van der Waals surface area contributed by atoms with Crippen molar-refractivity contribution < 1.29 is 23.8 Å². The van der Waals surface area contributed by atoms with Gasteiger partial charge in [0.1, 0.15) is 23.6 Å². The molecule has 0 saturated carbocycles. The molecule has 19 heavy (non-hydrogen) atoms. The summed E-state index contributed by atoms with van der Waals surface area (Å²) in [5, 5.41) is 0. The van der Waals surface area contributed by atoms with Gasteiger partial charge in [-0.05, 0) is 12.1 Å². The average molecular weight is 266 g/mol. The van der Waals surface area contributed by atoms with Gasteiger partial charge in [-0.3, -0.25) is 4.90 Å². The van der Waals surface area contributed by atoms with E-state index < -0.39 is 12.1 Å². The fourth-order valence-corrected chi connectivity index (χ4v) is 1.93. The summed E-state index contributed by atoms with van der Waals surface area (Å²) in [7, 11) is 2.69. The van der Waals surface area contributed by atoms with E-state index in [2.05, 4.69) is 0 Å². The highest BCUT2D eigenvalue weighted by atomic mass is 16.6. The van der Waals surface area contributed by atoms with E-state index in [1.165, 1.54) is 25.2 Å². The first-order chi connectivity index (χ1) is 9.10. The lowest BCUT2D eigenvalue weighted by Crippen LogP contribution is -2.27. The Labute approximate surface area is 109 Å². The molecule has 1 aromatic rings. The van der Waals surface area contributed by atoms with Crippen LogP contribution >= 0.6 is 0 Å². The fourth-order valence-electron chi connectivity index (χ4n) is 1.93. The summed E-state index contributed by atoms with van der Waals surface area (Å²) in [6.45, 7) is 0.569. The zero-order valence-electron chi connectivity index (χ0n) is 10.6. The number of benzene rings is 1. The van der Waals surface area contributed by atoms with Crippen LogP contribution in [-0.4, -0.2) is 39.4 Å². The van der Waals surface area contributed by atoms with Gasteiger partial charge >= 0.3 is 12.1 Å². The molecule has 0 unspecified atom stereocenters. The molecule has 1 amide bonds. The minimum atomic E-state index is -0.633. The number of carbonyl (C=O) groups excluding carboxylic acids is 2. The summed E-state index contributed by atoms with van der Waals surface area (Å²) in [6, 6.07) is 3.11. The summed E-state index contributed by atoms with van der Waals surface area (Å²) in [6.07, 6.45) is -0.547. The number of cyclic esters (lactones) is 1. The molecular weight excluding hydrogens is 252 g/mol. The van der Waals surface area contributed by atoms with Gasteiger partial charge in [0.25, 0.3) is 0 Å². The molecule has 1 aliphatic rings. The number of hydrogen-bond acceptors (Lipinski definition) is 6. The van der Waals surface area contributed by atoms with E-state index in [9.17, 15) is 9.59 Å². The Kier molecular flexibility index (Phi) is 3.46. The molecule has 7 nitrogen and oxygen atoms in total. The van der Waals surface area contributed by atoms with Crippen LogP contribution in [0.2, 0.25) is 0 Å². The van der Waals surface area contributed by atoms with Crippen LogP contribution in [0.3, 0.4) is 0 Å². The zero-order chi connectivity index (χ0) is 14.0. The second kappa shape index (κ2) is 5.05. The Balaban J connectivity index is 2.63. The van der Waals surface area contributed by atoms with Gasteiger partial charge < -0.3 is 19.9 Å². The number of nitrogens with zero attached hydrogens (tertiary/aromatic N) is 1. The quantitative estimate of drug-likeness (QED) is 0.648. The van der Waals surface area contributed by atoms with E-state index in [0.717, 1.165) is 0 Å². The largest absolute Gasteiger partial charge is 0.495 e. The first kappa shape index (κ1) is 13.0. The molecule has 1 aromatic carbocycles. The summed E-state index contributed by atoms with van der Waals surface area (Å²) < 4.78 is 14.7. The summed E-state index contributed by atoms with van der Waals surface area (Å²) in [5.41, 5.74) is 6.38. The third-order valence-corrected chi connectivity index (χ3v) is 2.81. The van der Waals surface area contributed by atoms with Gasteiger partial charge in [-0.15, -0.1) is 0 Å². The molecule has 2 rings (SSSR count). The van der Waals surface area contributed by atoms with E-state index >= 15 is 0 Å². The van der Waals surface area contributed by atoms with Crippen LogP contribution in [0.15, 0.2) is 12.1 Å². The molecule has 2 N–H and O–H groups in total. The van der Waals surface area contributed by atoms with Crippen LogP contribution in [0.25, 0.3) is 0 Å². The van der Waals surface area contributed by atoms with Gasteiger partial charge in [0.15, 0.2) is 0 Å². The fraction of sp³-hybridized carbons (Fsp3) is 0.333. The molecule has 102 valence electrons. The van der Waals surface area contributed by atoms with Crippen LogP contribution in [-0.2, 0) is 9.47 Å². The number of carbonyl (C=O) groups is 2. The van der Waals surface area contributed by atoms with Crippen molar-refractivity contribution in [2.45, 2.75) is 0 Å². The lowest BCUT2D eigenvalue weighted by Gasteiger charge is -2.20. The second-order valence-electron chi connectivity index (χ2n) is 3.84. The molecule has 0 spiro atoms. The first-order valence-electron chi connectivity index (χ1n) is 5.59. The highest BCUT2D eigenvalue weighted by Crippen LogP contribution is 2.37. The molecule has 0 bridgehead atoms. The number of rotatable bonds is 3. The van der Waals surface area contributed by atoms with Gasteiger partial charge in [0.05, 0.1) is 20.8 Å². The number of ether oxygens (including phenoxy) is 3. The van der Waals surface area contributed by atoms with Crippen molar-refractivity contribution in [1.82, 2.24) is 0 Å². The van der Waals surface area contributed by atoms with Crippen LogP contribution < -0.4 is 15.4 Å². The normalized spacial score (nSPS) is 14.2. The van der Waals surface area contributed by atoms with Crippen molar-refractivity contribution in [2.75, 3.05) is 38.0 Å². The summed E-state index contributed by atoms with van der Waals surface area (Å²) in [4.78, 5) is 24.8. The van der Waals surface area contributed by atoms with Crippen molar-refractivity contribution in [3.8, 4) is 5.75 Å². The third kappa shape index (κ3) is 2.14. The molecule has 1 fully saturated rings. The SMILES string of the molecule is COC(=O)c1c(N)ccc(OC)c1N1CCOC1=O. The topological polar surface area (TPSA) is 91.1 Å². The third-order valence-electron chi connectivity index (χ3n) is 2.81.